The van der Waals surface area contributed by atoms with Crippen LogP contribution in [-0.4, -0.2) is 31.8 Å². The zero-order valence-corrected chi connectivity index (χ0v) is 14.3. The van der Waals surface area contributed by atoms with Crippen molar-refractivity contribution in [1.29, 1.82) is 0 Å². The monoisotopic (exact) mass is 343 g/mol. The molecule has 0 bridgehead atoms. The van der Waals surface area contributed by atoms with Gasteiger partial charge in [0.1, 0.15) is 11.4 Å². The Morgan fingerprint density at radius 3 is 2.46 bits per heavy atom. The van der Waals surface area contributed by atoms with Gasteiger partial charge in [0, 0.05) is 18.0 Å². The summed E-state index contributed by atoms with van der Waals surface area (Å²) in [6.07, 6.45) is 5.00. The smallest absolute Gasteiger partial charge is 0.181 e. The van der Waals surface area contributed by atoms with Crippen LogP contribution in [0, 0.1) is 0 Å². The summed E-state index contributed by atoms with van der Waals surface area (Å²) >= 11 is 0. The highest BCUT2D eigenvalue weighted by atomic mass is 16.5. The first kappa shape index (κ1) is 16.0. The molecule has 4 aromatic rings. The Balaban J connectivity index is 1.76. The lowest BCUT2D eigenvalue weighted by molar-refractivity contribution is 0.415. The molecule has 0 aliphatic heterocycles. The Bertz CT molecular complexity index is 982. The Morgan fingerprint density at radius 1 is 0.962 bits per heavy atom. The Kier molecular flexibility index (Phi) is 4.38. The van der Waals surface area contributed by atoms with Gasteiger partial charge in [-0.15, -0.1) is 0 Å². The van der Waals surface area contributed by atoms with E-state index in [1.165, 1.54) is 0 Å². The molecule has 0 N–H and O–H groups in total. The molecule has 2 heterocycles. The molecular weight excluding hydrogens is 326 g/mol. The van der Waals surface area contributed by atoms with Gasteiger partial charge >= 0.3 is 0 Å². The second kappa shape index (κ2) is 7.14. The van der Waals surface area contributed by atoms with Gasteiger partial charge in [-0.05, 0) is 29.8 Å². The van der Waals surface area contributed by atoms with E-state index in [9.17, 15) is 0 Å². The molecule has 0 aliphatic carbocycles. The van der Waals surface area contributed by atoms with Gasteiger partial charge in [0.25, 0.3) is 0 Å². The maximum atomic E-state index is 5.22. The predicted molar refractivity (Wildman–Crippen MR) is 98.6 cm³/mol. The van der Waals surface area contributed by atoms with Crippen LogP contribution in [0.25, 0.3) is 22.9 Å². The molecule has 0 radical (unpaired) electrons. The molecule has 0 amide bonds. The summed E-state index contributed by atoms with van der Waals surface area (Å²) in [5.41, 5.74) is 2.75. The van der Waals surface area contributed by atoms with E-state index in [1.54, 1.807) is 25.7 Å². The summed E-state index contributed by atoms with van der Waals surface area (Å²) in [5, 5.41) is 4.70. The minimum Gasteiger partial charge on any atom is -0.497 e. The summed E-state index contributed by atoms with van der Waals surface area (Å²) in [6.45, 7) is 0.607. The van der Waals surface area contributed by atoms with Crippen LogP contribution in [0.15, 0.2) is 73.2 Å². The summed E-state index contributed by atoms with van der Waals surface area (Å²) in [5.74, 6) is 2.13. The van der Waals surface area contributed by atoms with Crippen LogP contribution < -0.4 is 4.74 Å². The topological polar surface area (TPSA) is 65.7 Å². The van der Waals surface area contributed by atoms with Crippen molar-refractivity contribution < 1.29 is 4.74 Å². The SMILES string of the molecule is COc1ccc(-c2nc(-c3cnccn3)n(Cc3ccccc3)n2)cc1. The molecule has 0 fully saturated rings. The highest BCUT2D eigenvalue weighted by Gasteiger charge is 2.15. The third-order valence-corrected chi connectivity index (χ3v) is 3.99. The average Bonchev–Trinajstić information content (AvgIpc) is 3.13. The summed E-state index contributed by atoms with van der Waals surface area (Å²) < 4.78 is 7.08. The Hall–Kier alpha value is -3.54. The van der Waals surface area contributed by atoms with Crippen molar-refractivity contribution in [2.75, 3.05) is 7.11 Å². The van der Waals surface area contributed by atoms with E-state index >= 15 is 0 Å². The van der Waals surface area contributed by atoms with E-state index in [1.807, 2.05) is 47.1 Å². The quantitative estimate of drug-likeness (QED) is 0.555. The van der Waals surface area contributed by atoms with E-state index in [4.69, 9.17) is 14.8 Å². The fraction of sp³-hybridized carbons (Fsp3) is 0.100. The second-order valence-corrected chi connectivity index (χ2v) is 5.72. The van der Waals surface area contributed by atoms with E-state index < -0.39 is 0 Å². The minimum atomic E-state index is 0.607. The van der Waals surface area contributed by atoms with Gasteiger partial charge < -0.3 is 4.74 Å². The molecule has 0 saturated carbocycles. The number of rotatable bonds is 5. The summed E-state index contributed by atoms with van der Waals surface area (Å²) in [6, 6.07) is 17.8. The van der Waals surface area contributed by atoms with Gasteiger partial charge in [0.15, 0.2) is 11.6 Å². The third-order valence-electron chi connectivity index (χ3n) is 3.99. The van der Waals surface area contributed by atoms with Gasteiger partial charge in [0.05, 0.1) is 19.9 Å². The Labute approximate surface area is 151 Å². The van der Waals surface area contributed by atoms with Crippen molar-refractivity contribution in [2.24, 2.45) is 0 Å². The second-order valence-electron chi connectivity index (χ2n) is 5.72. The van der Waals surface area contributed by atoms with Crippen LogP contribution in [0.4, 0.5) is 0 Å². The molecule has 6 nitrogen and oxygen atoms in total. The van der Waals surface area contributed by atoms with Gasteiger partial charge in [-0.25, -0.2) is 14.6 Å². The summed E-state index contributed by atoms with van der Waals surface area (Å²) in [4.78, 5) is 13.2. The van der Waals surface area contributed by atoms with Crippen molar-refractivity contribution in [1.82, 2.24) is 24.7 Å². The zero-order valence-electron chi connectivity index (χ0n) is 14.3. The molecule has 2 aromatic carbocycles. The van der Waals surface area contributed by atoms with Crippen LogP contribution >= 0.6 is 0 Å². The van der Waals surface area contributed by atoms with Crippen LogP contribution in [0.2, 0.25) is 0 Å². The van der Waals surface area contributed by atoms with Crippen molar-refractivity contribution in [3.8, 4) is 28.7 Å². The first-order valence-electron chi connectivity index (χ1n) is 8.23. The van der Waals surface area contributed by atoms with E-state index in [-0.39, 0.29) is 0 Å². The lowest BCUT2D eigenvalue weighted by Gasteiger charge is -2.05. The van der Waals surface area contributed by atoms with Gasteiger partial charge in [-0.1, -0.05) is 30.3 Å². The number of benzene rings is 2. The van der Waals surface area contributed by atoms with Crippen molar-refractivity contribution in [3.05, 3.63) is 78.8 Å². The first-order chi connectivity index (χ1) is 12.8. The zero-order chi connectivity index (χ0) is 17.8. The molecule has 0 spiro atoms. The van der Waals surface area contributed by atoms with E-state index in [0.29, 0.717) is 23.9 Å². The molecule has 0 aliphatic rings. The van der Waals surface area contributed by atoms with Crippen LogP contribution in [0.1, 0.15) is 5.56 Å². The van der Waals surface area contributed by atoms with Crippen LogP contribution in [-0.2, 0) is 6.54 Å². The number of methoxy groups -OCH3 is 1. The number of ether oxygens (including phenoxy) is 1. The number of nitrogens with zero attached hydrogens (tertiary/aromatic N) is 5. The van der Waals surface area contributed by atoms with Crippen LogP contribution in [0.5, 0.6) is 5.75 Å². The molecule has 6 heteroatoms. The maximum absolute atomic E-state index is 5.22. The van der Waals surface area contributed by atoms with Gasteiger partial charge in [-0.2, -0.15) is 5.10 Å². The first-order valence-corrected chi connectivity index (χ1v) is 8.23. The average molecular weight is 343 g/mol. The van der Waals surface area contributed by atoms with E-state index in [0.717, 1.165) is 16.9 Å². The third kappa shape index (κ3) is 3.30. The predicted octanol–water partition coefficient (Wildman–Crippen LogP) is 3.46. The molecule has 0 saturated heterocycles. The lowest BCUT2D eigenvalue weighted by Crippen LogP contribution is -2.05. The highest BCUT2D eigenvalue weighted by molar-refractivity contribution is 5.60. The fourth-order valence-electron chi connectivity index (χ4n) is 2.68. The standard InChI is InChI=1S/C20H17N5O/c1-26-17-9-7-16(8-10-17)19-23-20(18-13-21-11-12-22-18)25(24-19)14-15-5-3-2-4-6-15/h2-13H,14H2,1H3. The van der Waals surface area contributed by atoms with Crippen molar-refractivity contribution in [3.63, 3.8) is 0 Å². The number of hydrogen-bond donors (Lipinski definition) is 0. The number of aromatic nitrogens is 5. The molecule has 4 rings (SSSR count). The highest BCUT2D eigenvalue weighted by Crippen LogP contribution is 2.23. The Morgan fingerprint density at radius 2 is 1.77 bits per heavy atom. The molecule has 26 heavy (non-hydrogen) atoms. The van der Waals surface area contributed by atoms with Gasteiger partial charge in [-0.3, -0.25) is 4.98 Å². The van der Waals surface area contributed by atoms with Crippen molar-refractivity contribution >= 4 is 0 Å². The minimum absolute atomic E-state index is 0.607. The normalized spacial score (nSPS) is 10.7. The van der Waals surface area contributed by atoms with Gasteiger partial charge in [0.2, 0.25) is 0 Å². The molecule has 0 atom stereocenters. The lowest BCUT2D eigenvalue weighted by atomic mass is 10.2. The largest absolute Gasteiger partial charge is 0.497 e. The fourth-order valence-corrected chi connectivity index (χ4v) is 2.68. The molecule has 2 aromatic heterocycles. The number of hydrogen-bond acceptors (Lipinski definition) is 5. The molecular formula is C20H17N5O. The molecule has 128 valence electrons. The summed E-state index contributed by atoms with van der Waals surface area (Å²) in [7, 11) is 1.65. The van der Waals surface area contributed by atoms with E-state index in [2.05, 4.69) is 22.1 Å². The van der Waals surface area contributed by atoms with Crippen molar-refractivity contribution in [2.45, 2.75) is 6.54 Å². The molecule has 0 unspecified atom stereocenters. The van der Waals surface area contributed by atoms with Crippen LogP contribution in [0.3, 0.4) is 0 Å². The maximum Gasteiger partial charge on any atom is 0.181 e.